The molecule has 0 spiro atoms. The molecular formula is C24H23FN4O2S. The van der Waals surface area contributed by atoms with Crippen LogP contribution in [0.2, 0.25) is 0 Å². The fourth-order valence-corrected chi connectivity index (χ4v) is 4.64. The smallest absolute Gasteiger partial charge is 0.261 e. The second-order valence-electron chi connectivity index (χ2n) is 7.76. The van der Waals surface area contributed by atoms with Gasteiger partial charge in [0, 0.05) is 49.0 Å². The van der Waals surface area contributed by atoms with Gasteiger partial charge in [-0.3, -0.25) is 9.69 Å². The van der Waals surface area contributed by atoms with E-state index in [1.807, 2.05) is 23.6 Å². The number of carbonyl (C=O) groups is 1. The fraction of sp³-hybridized carbons (Fsp3) is 0.250. The minimum atomic E-state index is -0.260. The third-order valence-electron chi connectivity index (χ3n) is 5.60. The first-order valence-corrected chi connectivity index (χ1v) is 11.5. The zero-order valence-corrected chi connectivity index (χ0v) is 18.3. The normalized spacial score (nSPS) is 14.7. The number of ether oxygens (including phenoxy) is 1. The highest BCUT2D eigenvalue weighted by Crippen LogP contribution is 2.29. The van der Waals surface area contributed by atoms with Gasteiger partial charge in [-0.1, -0.05) is 0 Å². The molecule has 0 radical (unpaired) electrons. The maximum absolute atomic E-state index is 13.2. The van der Waals surface area contributed by atoms with Crippen molar-refractivity contribution in [2.75, 3.05) is 39.4 Å². The number of morpholine rings is 1. The molecule has 1 amide bonds. The molecule has 1 aliphatic heterocycles. The maximum atomic E-state index is 13.2. The van der Waals surface area contributed by atoms with Crippen molar-refractivity contribution in [3.05, 3.63) is 64.7 Å². The molecule has 5 rings (SSSR count). The third-order valence-corrected chi connectivity index (χ3v) is 6.53. The summed E-state index contributed by atoms with van der Waals surface area (Å²) < 4.78 is 18.6. The number of pyridine rings is 1. The van der Waals surface area contributed by atoms with Crippen LogP contribution in [0.15, 0.2) is 54.0 Å². The molecule has 32 heavy (non-hydrogen) atoms. The standard InChI is InChI=1S/C24H23FN4O2S/c25-20-3-1-16(2-4-20)21-12-17-11-18(14-27-23(17)28-21)19-13-22(32-15-19)24(30)26-5-6-29-7-9-31-10-8-29/h1-4,11-15H,5-10H2,(H,26,30)(H,27,28). The van der Waals surface area contributed by atoms with E-state index in [1.165, 1.54) is 23.5 Å². The Balaban J connectivity index is 1.27. The van der Waals surface area contributed by atoms with Crippen molar-refractivity contribution in [1.82, 2.24) is 20.2 Å². The van der Waals surface area contributed by atoms with E-state index in [0.717, 1.165) is 66.3 Å². The molecule has 0 unspecified atom stereocenters. The number of nitrogens with one attached hydrogen (secondary N) is 2. The first-order chi connectivity index (χ1) is 15.7. The number of hydrogen-bond donors (Lipinski definition) is 2. The molecule has 2 N–H and O–H groups in total. The van der Waals surface area contributed by atoms with E-state index in [-0.39, 0.29) is 11.7 Å². The van der Waals surface area contributed by atoms with Crippen LogP contribution >= 0.6 is 11.3 Å². The Kier molecular flexibility index (Phi) is 5.98. The van der Waals surface area contributed by atoms with Crippen molar-refractivity contribution in [2.24, 2.45) is 0 Å². The number of amides is 1. The van der Waals surface area contributed by atoms with Crippen molar-refractivity contribution in [3.8, 4) is 22.4 Å². The van der Waals surface area contributed by atoms with Gasteiger partial charge in [-0.05, 0) is 59.0 Å². The predicted molar refractivity (Wildman–Crippen MR) is 124 cm³/mol. The first kappa shape index (κ1) is 20.8. The molecule has 4 heterocycles. The average molecular weight is 451 g/mol. The van der Waals surface area contributed by atoms with Gasteiger partial charge >= 0.3 is 0 Å². The molecule has 8 heteroatoms. The fourth-order valence-electron chi connectivity index (χ4n) is 3.80. The summed E-state index contributed by atoms with van der Waals surface area (Å²) in [5.41, 5.74) is 4.47. The lowest BCUT2D eigenvalue weighted by Crippen LogP contribution is -2.41. The minimum absolute atomic E-state index is 0.0520. The summed E-state index contributed by atoms with van der Waals surface area (Å²) >= 11 is 1.43. The van der Waals surface area contributed by atoms with Gasteiger partial charge in [-0.25, -0.2) is 9.37 Å². The van der Waals surface area contributed by atoms with Gasteiger partial charge in [0.05, 0.1) is 18.1 Å². The highest BCUT2D eigenvalue weighted by molar-refractivity contribution is 7.12. The molecule has 0 atom stereocenters. The number of nitrogens with zero attached hydrogens (tertiary/aromatic N) is 2. The quantitative estimate of drug-likeness (QED) is 0.463. The van der Waals surface area contributed by atoms with E-state index in [0.29, 0.717) is 11.4 Å². The van der Waals surface area contributed by atoms with E-state index >= 15 is 0 Å². The Morgan fingerprint density at radius 1 is 1.12 bits per heavy atom. The Morgan fingerprint density at radius 3 is 2.75 bits per heavy atom. The van der Waals surface area contributed by atoms with Crippen molar-refractivity contribution < 1.29 is 13.9 Å². The summed E-state index contributed by atoms with van der Waals surface area (Å²) in [7, 11) is 0. The van der Waals surface area contributed by atoms with Gasteiger partial charge in [0.15, 0.2) is 0 Å². The lowest BCUT2D eigenvalue weighted by Gasteiger charge is -2.26. The van der Waals surface area contributed by atoms with Crippen LogP contribution in [0.1, 0.15) is 9.67 Å². The van der Waals surface area contributed by atoms with Gasteiger partial charge < -0.3 is 15.0 Å². The average Bonchev–Trinajstić information content (AvgIpc) is 3.47. The van der Waals surface area contributed by atoms with Crippen LogP contribution in [0.4, 0.5) is 4.39 Å². The number of benzene rings is 1. The first-order valence-electron chi connectivity index (χ1n) is 10.6. The number of H-pyrrole nitrogens is 1. The summed E-state index contributed by atoms with van der Waals surface area (Å²) in [6.45, 7) is 4.79. The van der Waals surface area contributed by atoms with E-state index in [9.17, 15) is 9.18 Å². The highest BCUT2D eigenvalue weighted by atomic mass is 32.1. The molecular weight excluding hydrogens is 427 g/mol. The van der Waals surface area contributed by atoms with Gasteiger partial charge in [0.2, 0.25) is 0 Å². The number of hydrogen-bond acceptors (Lipinski definition) is 5. The monoisotopic (exact) mass is 450 g/mol. The molecule has 6 nitrogen and oxygen atoms in total. The molecule has 1 aliphatic rings. The van der Waals surface area contributed by atoms with Gasteiger partial charge in [-0.2, -0.15) is 0 Å². The van der Waals surface area contributed by atoms with Crippen molar-refractivity contribution >= 4 is 28.3 Å². The SMILES string of the molecule is O=C(NCCN1CCOCC1)c1cc(-c2cnc3[nH]c(-c4ccc(F)cc4)cc3c2)cs1. The maximum Gasteiger partial charge on any atom is 0.261 e. The molecule has 4 aromatic rings. The van der Waals surface area contributed by atoms with E-state index in [4.69, 9.17) is 4.74 Å². The molecule has 164 valence electrons. The van der Waals surface area contributed by atoms with Crippen molar-refractivity contribution in [2.45, 2.75) is 0 Å². The summed E-state index contributed by atoms with van der Waals surface area (Å²) in [5.74, 6) is -0.313. The van der Waals surface area contributed by atoms with Gasteiger partial charge in [0.1, 0.15) is 11.5 Å². The second-order valence-corrected chi connectivity index (χ2v) is 8.67. The van der Waals surface area contributed by atoms with Crippen molar-refractivity contribution in [1.29, 1.82) is 0 Å². The number of fused-ring (bicyclic) bond motifs is 1. The highest BCUT2D eigenvalue weighted by Gasteiger charge is 2.14. The molecule has 1 saturated heterocycles. The van der Waals surface area contributed by atoms with Crippen LogP contribution in [0.3, 0.4) is 0 Å². The van der Waals surface area contributed by atoms with Crippen LogP contribution in [0, 0.1) is 5.82 Å². The summed E-state index contributed by atoms with van der Waals surface area (Å²) in [6.07, 6.45) is 1.80. The summed E-state index contributed by atoms with van der Waals surface area (Å²) in [5, 5.41) is 5.95. The lowest BCUT2D eigenvalue weighted by molar-refractivity contribution is 0.0383. The number of carbonyl (C=O) groups excluding carboxylic acids is 1. The second kappa shape index (κ2) is 9.20. The Labute approximate surface area is 189 Å². The Morgan fingerprint density at radius 2 is 1.94 bits per heavy atom. The predicted octanol–water partition coefficient (Wildman–Crippen LogP) is 4.16. The minimum Gasteiger partial charge on any atom is -0.379 e. The van der Waals surface area contributed by atoms with Crippen LogP contribution in [-0.2, 0) is 4.74 Å². The van der Waals surface area contributed by atoms with E-state index in [2.05, 4.69) is 20.2 Å². The molecule has 0 aliphatic carbocycles. The Bertz CT molecular complexity index is 1230. The largest absolute Gasteiger partial charge is 0.379 e. The number of thiophene rings is 1. The van der Waals surface area contributed by atoms with E-state index < -0.39 is 0 Å². The molecule has 1 aromatic carbocycles. The summed E-state index contributed by atoms with van der Waals surface area (Å²) in [4.78, 5) is 23.3. The lowest BCUT2D eigenvalue weighted by atomic mass is 10.1. The Hall–Kier alpha value is -3.07. The molecule has 1 fully saturated rings. The van der Waals surface area contributed by atoms with Crippen LogP contribution in [0.25, 0.3) is 33.4 Å². The number of aromatic nitrogens is 2. The van der Waals surface area contributed by atoms with E-state index in [1.54, 1.807) is 18.3 Å². The number of aromatic amines is 1. The van der Waals surface area contributed by atoms with Gasteiger partial charge in [0.25, 0.3) is 5.91 Å². The van der Waals surface area contributed by atoms with Crippen LogP contribution < -0.4 is 5.32 Å². The zero-order chi connectivity index (χ0) is 21.9. The molecule has 0 saturated carbocycles. The third kappa shape index (κ3) is 4.57. The number of rotatable bonds is 6. The molecule has 3 aromatic heterocycles. The molecule has 0 bridgehead atoms. The summed E-state index contributed by atoms with van der Waals surface area (Å²) in [6, 6.07) is 12.3. The van der Waals surface area contributed by atoms with Crippen LogP contribution in [0.5, 0.6) is 0 Å². The van der Waals surface area contributed by atoms with Crippen LogP contribution in [-0.4, -0.2) is 60.2 Å². The topological polar surface area (TPSA) is 70.2 Å². The zero-order valence-electron chi connectivity index (χ0n) is 17.4. The van der Waals surface area contributed by atoms with Crippen molar-refractivity contribution in [3.63, 3.8) is 0 Å². The number of halogens is 1. The van der Waals surface area contributed by atoms with Gasteiger partial charge in [-0.15, -0.1) is 11.3 Å².